The van der Waals surface area contributed by atoms with E-state index in [1.165, 1.54) is 19.3 Å². The normalized spacial score (nSPS) is 23.5. The summed E-state index contributed by atoms with van der Waals surface area (Å²) in [6.45, 7) is 0. The molecular weight excluding hydrogens is 162 g/mol. The second kappa shape index (κ2) is 4.64. The van der Waals surface area contributed by atoms with Crippen LogP contribution in [0.3, 0.4) is 0 Å². The van der Waals surface area contributed by atoms with Gasteiger partial charge < -0.3 is 10.5 Å². The van der Waals surface area contributed by atoms with Crippen LogP contribution >= 0.6 is 0 Å². The summed E-state index contributed by atoms with van der Waals surface area (Å²) < 4.78 is 5.57. The van der Waals surface area contributed by atoms with Gasteiger partial charge in [0, 0.05) is 19.6 Å². The number of methoxy groups -OCH3 is 1. The first-order valence-corrected chi connectivity index (χ1v) is 4.99. The molecule has 13 heavy (non-hydrogen) atoms. The highest BCUT2D eigenvalue weighted by atomic mass is 16.5. The molecule has 1 fully saturated rings. The van der Waals surface area contributed by atoms with Crippen molar-refractivity contribution in [3.05, 3.63) is 0 Å². The largest absolute Gasteiger partial charge is 0.377 e. The van der Waals surface area contributed by atoms with Crippen molar-refractivity contribution in [2.75, 3.05) is 7.11 Å². The van der Waals surface area contributed by atoms with E-state index in [0.717, 1.165) is 12.8 Å². The van der Waals surface area contributed by atoms with Crippen LogP contribution in [-0.2, 0) is 4.74 Å². The summed E-state index contributed by atoms with van der Waals surface area (Å²) >= 11 is 0. The minimum absolute atomic E-state index is 0.00259. The van der Waals surface area contributed by atoms with Crippen LogP contribution in [0.15, 0.2) is 0 Å². The lowest BCUT2D eigenvalue weighted by atomic mass is 9.78. The van der Waals surface area contributed by atoms with Crippen molar-refractivity contribution in [3.8, 4) is 12.3 Å². The molecule has 1 atom stereocenters. The molecule has 74 valence electrons. The molecule has 2 N–H and O–H groups in total. The molecule has 2 heteroatoms. The van der Waals surface area contributed by atoms with E-state index in [-0.39, 0.29) is 11.6 Å². The highest BCUT2D eigenvalue weighted by molar-refractivity contribution is 5.00. The van der Waals surface area contributed by atoms with Gasteiger partial charge in [-0.15, -0.1) is 12.3 Å². The molecule has 1 saturated carbocycles. The van der Waals surface area contributed by atoms with Crippen molar-refractivity contribution < 1.29 is 4.74 Å². The molecule has 1 aliphatic rings. The van der Waals surface area contributed by atoms with Crippen LogP contribution in [0, 0.1) is 12.3 Å². The van der Waals surface area contributed by atoms with E-state index in [9.17, 15) is 0 Å². The number of nitrogens with two attached hydrogens (primary N) is 1. The zero-order valence-corrected chi connectivity index (χ0v) is 8.38. The molecule has 0 spiro atoms. The quantitative estimate of drug-likeness (QED) is 0.672. The van der Waals surface area contributed by atoms with Crippen LogP contribution in [-0.4, -0.2) is 18.8 Å². The maximum absolute atomic E-state index is 6.04. The summed E-state index contributed by atoms with van der Waals surface area (Å²) in [5.74, 6) is 2.62. The zero-order valence-electron chi connectivity index (χ0n) is 8.38. The molecule has 1 aliphatic carbocycles. The van der Waals surface area contributed by atoms with Gasteiger partial charge >= 0.3 is 0 Å². The molecule has 2 nitrogen and oxygen atoms in total. The number of ether oxygens (including phenoxy) is 1. The Morgan fingerprint density at radius 3 is 2.54 bits per heavy atom. The lowest BCUT2D eigenvalue weighted by molar-refractivity contribution is -0.0572. The number of terminal acetylenes is 1. The molecule has 1 unspecified atom stereocenters. The summed E-state index contributed by atoms with van der Waals surface area (Å²) in [5, 5.41) is 0. The summed E-state index contributed by atoms with van der Waals surface area (Å²) in [5.41, 5.74) is 5.90. The van der Waals surface area contributed by atoms with Crippen LogP contribution in [0.2, 0.25) is 0 Å². The lowest BCUT2D eigenvalue weighted by Gasteiger charge is -2.40. The molecule has 0 aromatic heterocycles. The molecule has 0 saturated heterocycles. The summed E-state index contributed by atoms with van der Waals surface area (Å²) in [6.07, 6.45) is 11.7. The molecule has 0 heterocycles. The number of hydrogen-bond acceptors (Lipinski definition) is 2. The van der Waals surface area contributed by atoms with E-state index in [2.05, 4.69) is 5.92 Å². The smallest absolute Gasteiger partial charge is 0.0838 e. The highest BCUT2D eigenvalue weighted by Gasteiger charge is 2.37. The van der Waals surface area contributed by atoms with Crippen LogP contribution in [0.25, 0.3) is 0 Å². The highest BCUT2D eigenvalue weighted by Crippen LogP contribution is 2.34. The van der Waals surface area contributed by atoms with Gasteiger partial charge in [-0.25, -0.2) is 0 Å². The van der Waals surface area contributed by atoms with Gasteiger partial charge in [0.1, 0.15) is 0 Å². The molecule has 0 aromatic rings. The maximum Gasteiger partial charge on any atom is 0.0838 e. The van der Waals surface area contributed by atoms with E-state index in [0.29, 0.717) is 6.42 Å². The van der Waals surface area contributed by atoms with Gasteiger partial charge in [-0.05, 0) is 12.8 Å². The summed E-state index contributed by atoms with van der Waals surface area (Å²) in [7, 11) is 1.75. The Bertz CT molecular complexity index is 189. The van der Waals surface area contributed by atoms with Crippen LogP contribution in [0.1, 0.15) is 38.5 Å². The molecule has 0 amide bonds. The third-order valence-electron chi connectivity index (χ3n) is 3.12. The molecule has 1 rings (SSSR count). The number of hydrogen-bond donors (Lipinski definition) is 1. The standard InChI is InChI=1S/C11H19NO/c1-3-7-10(12)11(13-2)8-5-4-6-9-11/h1,10H,4-9,12H2,2H3. The van der Waals surface area contributed by atoms with Crippen molar-refractivity contribution in [3.63, 3.8) is 0 Å². The number of rotatable bonds is 3. The van der Waals surface area contributed by atoms with Gasteiger partial charge in [0.05, 0.1) is 5.60 Å². The molecule has 0 aromatic carbocycles. The third-order valence-corrected chi connectivity index (χ3v) is 3.12. The first-order chi connectivity index (χ1) is 6.25. The fraction of sp³-hybridized carbons (Fsp3) is 0.818. The lowest BCUT2D eigenvalue weighted by Crippen LogP contribution is -2.50. The second-order valence-corrected chi connectivity index (χ2v) is 3.84. The molecule has 0 bridgehead atoms. The van der Waals surface area contributed by atoms with Crippen molar-refractivity contribution in [2.45, 2.75) is 50.2 Å². The van der Waals surface area contributed by atoms with Gasteiger partial charge in [0.25, 0.3) is 0 Å². The molecule has 0 radical (unpaired) electrons. The minimum Gasteiger partial charge on any atom is -0.377 e. The predicted octanol–water partition coefficient (Wildman–Crippen LogP) is 1.69. The van der Waals surface area contributed by atoms with E-state index in [4.69, 9.17) is 16.9 Å². The molecule has 0 aliphatic heterocycles. The first-order valence-electron chi connectivity index (χ1n) is 4.99. The van der Waals surface area contributed by atoms with E-state index in [1.807, 2.05) is 0 Å². The second-order valence-electron chi connectivity index (χ2n) is 3.84. The van der Waals surface area contributed by atoms with Gasteiger partial charge in [-0.3, -0.25) is 0 Å². The summed E-state index contributed by atoms with van der Waals surface area (Å²) in [6, 6.07) is 0.00259. The molecular formula is C11H19NO. The fourth-order valence-electron chi connectivity index (χ4n) is 2.19. The zero-order chi connectivity index (χ0) is 9.73. The Morgan fingerprint density at radius 2 is 2.08 bits per heavy atom. The van der Waals surface area contributed by atoms with Crippen molar-refractivity contribution >= 4 is 0 Å². The van der Waals surface area contributed by atoms with Crippen LogP contribution in [0.5, 0.6) is 0 Å². The fourth-order valence-corrected chi connectivity index (χ4v) is 2.19. The van der Waals surface area contributed by atoms with Crippen LogP contribution in [0.4, 0.5) is 0 Å². The average molecular weight is 181 g/mol. The Labute approximate surface area is 80.8 Å². The average Bonchev–Trinajstić information content (AvgIpc) is 2.19. The minimum atomic E-state index is -0.134. The van der Waals surface area contributed by atoms with E-state index in [1.54, 1.807) is 7.11 Å². The van der Waals surface area contributed by atoms with Gasteiger partial charge in [-0.1, -0.05) is 19.3 Å². The van der Waals surface area contributed by atoms with Crippen LogP contribution < -0.4 is 5.73 Å². The van der Waals surface area contributed by atoms with Crippen molar-refractivity contribution in [2.24, 2.45) is 5.73 Å². The predicted molar refractivity (Wildman–Crippen MR) is 54.3 cm³/mol. The maximum atomic E-state index is 6.04. The van der Waals surface area contributed by atoms with E-state index < -0.39 is 0 Å². The Balaban J connectivity index is 2.61. The van der Waals surface area contributed by atoms with E-state index >= 15 is 0 Å². The van der Waals surface area contributed by atoms with Crippen molar-refractivity contribution in [1.82, 2.24) is 0 Å². The van der Waals surface area contributed by atoms with Gasteiger partial charge in [0.2, 0.25) is 0 Å². The Kier molecular flexibility index (Phi) is 3.77. The van der Waals surface area contributed by atoms with Crippen molar-refractivity contribution in [1.29, 1.82) is 0 Å². The Hall–Kier alpha value is -0.520. The SMILES string of the molecule is C#CCC(N)C1(OC)CCCCC1. The van der Waals surface area contributed by atoms with Gasteiger partial charge in [-0.2, -0.15) is 0 Å². The Morgan fingerprint density at radius 1 is 1.46 bits per heavy atom. The first kappa shape index (κ1) is 10.6. The third kappa shape index (κ3) is 2.24. The monoisotopic (exact) mass is 181 g/mol. The topological polar surface area (TPSA) is 35.2 Å². The summed E-state index contributed by atoms with van der Waals surface area (Å²) in [4.78, 5) is 0. The van der Waals surface area contributed by atoms with Gasteiger partial charge in [0.15, 0.2) is 0 Å².